The first-order valence-electron chi connectivity index (χ1n) is 4.80. The van der Waals surface area contributed by atoms with Crippen LogP contribution < -0.4 is 5.32 Å². The summed E-state index contributed by atoms with van der Waals surface area (Å²) in [5.74, 6) is 0. The van der Waals surface area contributed by atoms with E-state index in [0.717, 1.165) is 24.0 Å². The summed E-state index contributed by atoms with van der Waals surface area (Å²) in [6.45, 7) is 4.08. The van der Waals surface area contributed by atoms with Crippen molar-refractivity contribution in [3.8, 4) is 0 Å². The lowest BCUT2D eigenvalue weighted by Crippen LogP contribution is -2.15. The molecule has 0 amide bonds. The minimum absolute atomic E-state index is 0.256. The first kappa shape index (κ1) is 11.7. The van der Waals surface area contributed by atoms with E-state index in [1.165, 1.54) is 11.1 Å². The molecule has 2 N–H and O–H groups in total. The average molecular weight is 258 g/mol. The van der Waals surface area contributed by atoms with E-state index in [1.807, 2.05) is 0 Å². The van der Waals surface area contributed by atoms with Crippen LogP contribution in [0.1, 0.15) is 17.5 Å². The van der Waals surface area contributed by atoms with Crippen LogP contribution in [0.3, 0.4) is 0 Å². The van der Waals surface area contributed by atoms with E-state index in [9.17, 15) is 0 Å². The molecular weight excluding hydrogens is 242 g/mol. The molecule has 0 spiro atoms. The fourth-order valence-corrected chi connectivity index (χ4v) is 1.50. The molecule has 1 aromatic rings. The summed E-state index contributed by atoms with van der Waals surface area (Å²) in [4.78, 5) is 0. The van der Waals surface area contributed by atoms with Gasteiger partial charge in [0.25, 0.3) is 0 Å². The van der Waals surface area contributed by atoms with Gasteiger partial charge in [-0.25, -0.2) is 0 Å². The number of rotatable bonds is 5. The van der Waals surface area contributed by atoms with Gasteiger partial charge >= 0.3 is 0 Å². The third kappa shape index (κ3) is 3.78. The van der Waals surface area contributed by atoms with Crippen molar-refractivity contribution in [2.75, 3.05) is 13.2 Å². The minimum Gasteiger partial charge on any atom is -0.396 e. The normalized spacial score (nSPS) is 10.5. The molecule has 0 heterocycles. The molecule has 0 aromatic heterocycles. The van der Waals surface area contributed by atoms with E-state index in [-0.39, 0.29) is 6.61 Å². The fraction of sp³-hybridized carbons (Fsp3) is 0.455. The summed E-state index contributed by atoms with van der Waals surface area (Å²) in [6, 6.07) is 6.33. The molecule has 1 rings (SSSR count). The Balaban J connectivity index is 2.39. The number of aryl methyl sites for hydroxylation is 1. The van der Waals surface area contributed by atoms with E-state index in [1.54, 1.807) is 0 Å². The van der Waals surface area contributed by atoms with Crippen molar-refractivity contribution >= 4 is 15.9 Å². The van der Waals surface area contributed by atoms with Crippen LogP contribution in [0.25, 0.3) is 0 Å². The fourth-order valence-electron chi connectivity index (χ4n) is 1.25. The predicted octanol–water partition coefficient (Wildman–Crippen LogP) is 2.23. The van der Waals surface area contributed by atoms with Crippen molar-refractivity contribution in [2.45, 2.75) is 19.9 Å². The molecule has 14 heavy (non-hydrogen) atoms. The molecule has 0 aliphatic heterocycles. The second kappa shape index (κ2) is 6.17. The Kier molecular flexibility index (Phi) is 5.15. The Labute approximate surface area is 93.5 Å². The van der Waals surface area contributed by atoms with Gasteiger partial charge in [0.05, 0.1) is 0 Å². The van der Waals surface area contributed by atoms with Crippen LogP contribution in [0, 0.1) is 6.92 Å². The minimum atomic E-state index is 0.256. The average Bonchev–Trinajstić information content (AvgIpc) is 2.18. The smallest absolute Gasteiger partial charge is 0.0443 e. The van der Waals surface area contributed by atoms with Crippen molar-refractivity contribution in [2.24, 2.45) is 0 Å². The highest BCUT2D eigenvalue weighted by Gasteiger charge is 1.96. The Bertz CT molecular complexity index is 289. The zero-order valence-electron chi connectivity index (χ0n) is 8.39. The second-order valence-electron chi connectivity index (χ2n) is 3.34. The van der Waals surface area contributed by atoms with Crippen molar-refractivity contribution in [3.05, 3.63) is 33.8 Å². The number of hydrogen-bond donors (Lipinski definition) is 2. The van der Waals surface area contributed by atoms with Gasteiger partial charge in [0.1, 0.15) is 0 Å². The molecule has 0 bridgehead atoms. The van der Waals surface area contributed by atoms with E-state index in [4.69, 9.17) is 5.11 Å². The van der Waals surface area contributed by atoms with E-state index < -0.39 is 0 Å². The van der Waals surface area contributed by atoms with Crippen LogP contribution in [0.2, 0.25) is 0 Å². The topological polar surface area (TPSA) is 32.3 Å². The maximum absolute atomic E-state index is 8.60. The second-order valence-corrected chi connectivity index (χ2v) is 4.19. The Hall–Kier alpha value is -0.380. The molecule has 2 nitrogen and oxygen atoms in total. The monoisotopic (exact) mass is 257 g/mol. The molecule has 0 radical (unpaired) electrons. The number of aliphatic hydroxyl groups is 1. The molecule has 0 fully saturated rings. The Morgan fingerprint density at radius 2 is 2.21 bits per heavy atom. The molecule has 1 aromatic carbocycles. The highest BCUT2D eigenvalue weighted by atomic mass is 79.9. The predicted molar refractivity (Wildman–Crippen MR) is 62.3 cm³/mol. The summed E-state index contributed by atoms with van der Waals surface area (Å²) >= 11 is 3.47. The SMILES string of the molecule is Cc1cc(CNCCCO)ccc1Br. The van der Waals surface area contributed by atoms with Gasteiger partial charge in [0, 0.05) is 17.6 Å². The zero-order valence-corrected chi connectivity index (χ0v) is 9.97. The third-order valence-electron chi connectivity index (χ3n) is 2.06. The van der Waals surface area contributed by atoms with Gasteiger partial charge in [-0.05, 0) is 37.1 Å². The van der Waals surface area contributed by atoms with Crippen molar-refractivity contribution < 1.29 is 5.11 Å². The summed E-state index contributed by atoms with van der Waals surface area (Å²) in [7, 11) is 0. The number of hydrogen-bond acceptors (Lipinski definition) is 2. The largest absolute Gasteiger partial charge is 0.396 e. The van der Waals surface area contributed by atoms with Gasteiger partial charge in [-0.1, -0.05) is 28.1 Å². The molecular formula is C11H16BrNO. The maximum atomic E-state index is 8.60. The van der Waals surface area contributed by atoms with Gasteiger partial charge in [-0.2, -0.15) is 0 Å². The summed E-state index contributed by atoms with van der Waals surface area (Å²) in [5, 5.41) is 11.9. The lowest BCUT2D eigenvalue weighted by molar-refractivity contribution is 0.286. The molecule has 0 saturated carbocycles. The zero-order chi connectivity index (χ0) is 10.4. The molecule has 0 aliphatic carbocycles. The highest BCUT2D eigenvalue weighted by Crippen LogP contribution is 2.16. The summed E-state index contributed by atoms with van der Waals surface area (Å²) < 4.78 is 1.15. The number of halogens is 1. The molecule has 0 aliphatic rings. The summed E-state index contributed by atoms with van der Waals surface area (Å²) in [6.07, 6.45) is 0.815. The molecule has 0 atom stereocenters. The van der Waals surface area contributed by atoms with Gasteiger partial charge < -0.3 is 10.4 Å². The van der Waals surface area contributed by atoms with E-state index in [0.29, 0.717) is 0 Å². The van der Waals surface area contributed by atoms with Gasteiger partial charge in [-0.15, -0.1) is 0 Å². The molecule has 0 saturated heterocycles. The number of benzene rings is 1. The summed E-state index contributed by atoms with van der Waals surface area (Å²) in [5.41, 5.74) is 2.54. The number of aliphatic hydroxyl groups excluding tert-OH is 1. The lowest BCUT2D eigenvalue weighted by atomic mass is 10.1. The molecule has 0 unspecified atom stereocenters. The standard InChI is InChI=1S/C11H16BrNO/c1-9-7-10(3-4-11(9)12)8-13-5-2-6-14/h3-4,7,13-14H,2,5-6,8H2,1H3. The Morgan fingerprint density at radius 3 is 2.86 bits per heavy atom. The van der Waals surface area contributed by atoms with Gasteiger partial charge in [-0.3, -0.25) is 0 Å². The molecule has 3 heteroatoms. The lowest BCUT2D eigenvalue weighted by Gasteiger charge is -2.05. The van der Waals surface area contributed by atoms with Crippen LogP contribution in [-0.2, 0) is 6.54 Å². The van der Waals surface area contributed by atoms with Crippen molar-refractivity contribution in [1.29, 1.82) is 0 Å². The van der Waals surface area contributed by atoms with Crippen LogP contribution in [0.5, 0.6) is 0 Å². The maximum Gasteiger partial charge on any atom is 0.0443 e. The Morgan fingerprint density at radius 1 is 1.43 bits per heavy atom. The van der Waals surface area contributed by atoms with Crippen molar-refractivity contribution in [3.63, 3.8) is 0 Å². The van der Waals surface area contributed by atoms with Gasteiger partial charge in [0.15, 0.2) is 0 Å². The van der Waals surface area contributed by atoms with Crippen LogP contribution in [0.15, 0.2) is 22.7 Å². The molecule has 78 valence electrons. The van der Waals surface area contributed by atoms with Crippen LogP contribution in [-0.4, -0.2) is 18.3 Å². The highest BCUT2D eigenvalue weighted by molar-refractivity contribution is 9.10. The number of nitrogens with one attached hydrogen (secondary N) is 1. The van der Waals surface area contributed by atoms with E-state index >= 15 is 0 Å². The first-order valence-corrected chi connectivity index (χ1v) is 5.60. The van der Waals surface area contributed by atoms with E-state index in [2.05, 4.69) is 46.4 Å². The first-order chi connectivity index (χ1) is 6.74. The van der Waals surface area contributed by atoms with Crippen LogP contribution >= 0.6 is 15.9 Å². The third-order valence-corrected chi connectivity index (χ3v) is 2.95. The van der Waals surface area contributed by atoms with Crippen molar-refractivity contribution in [1.82, 2.24) is 5.32 Å². The van der Waals surface area contributed by atoms with Crippen LogP contribution in [0.4, 0.5) is 0 Å². The quantitative estimate of drug-likeness (QED) is 0.794. The van der Waals surface area contributed by atoms with Gasteiger partial charge in [0.2, 0.25) is 0 Å².